The van der Waals surface area contributed by atoms with E-state index in [-0.39, 0.29) is 0 Å². The third-order valence-corrected chi connectivity index (χ3v) is 4.03. The van der Waals surface area contributed by atoms with E-state index in [0.717, 1.165) is 53.7 Å². The zero-order chi connectivity index (χ0) is 13.9. The normalized spacial score (nSPS) is 14.8. The van der Waals surface area contributed by atoms with Crippen molar-refractivity contribution in [2.75, 3.05) is 20.3 Å². The van der Waals surface area contributed by atoms with E-state index in [1.165, 1.54) is 12.8 Å². The summed E-state index contributed by atoms with van der Waals surface area (Å²) >= 11 is 5.39. The quantitative estimate of drug-likeness (QED) is 0.627. The van der Waals surface area contributed by atoms with Crippen LogP contribution in [0.15, 0.2) is 18.2 Å². The van der Waals surface area contributed by atoms with Gasteiger partial charge in [0.15, 0.2) is 4.77 Å². The van der Waals surface area contributed by atoms with Gasteiger partial charge < -0.3 is 19.0 Å². The first-order valence-corrected chi connectivity index (χ1v) is 7.53. The highest BCUT2D eigenvalue weighted by atomic mass is 32.1. The highest BCUT2D eigenvalue weighted by Gasteiger charge is 2.20. The molecule has 3 rings (SSSR count). The second-order valence-corrected chi connectivity index (χ2v) is 5.72. The number of fused-ring (bicyclic) bond motifs is 1. The van der Waals surface area contributed by atoms with E-state index in [2.05, 4.69) is 9.55 Å². The zero-order valence-electron chi connectivity index (χ0n) is 11.7. The van der Waals surface area contributed by atoms with Gasteiger partial charge in [-0.3, -0.25) is 0 Å². The molecule has 2 aromatic rings. The number of aromatic amines is 1. The van der Waals surface area contributed by atoms with Gasteiger partial charge in [-0.05, 0) is 49.5 Å². The molecule has 1 aliphatic carbocycles. The largest absolute Gasteiger partial charge is 0.497 e. The number of aryl methyl sites for hydroxylation is 1. The maximum Gasteiger partial charge on any atom is 0.178 e. The number of ether oxygens (including phenoxy) is 2. The summed E-state index contributed by atoms with van der Waals surface area (Å²) in [6.45, 7) is 2.60. The molecule has 1 N–H and O–H groups in total. The summed E-state index contributed by atoms with van der Waals surface area (Å²) in [5, 5.41) is 0. The number of imidazole rings is 1. The van der Waals surface area contributed by atoms with Crippen LogP contribution >= 0.6 is 12.2 Å². The molecule has 1 aliphatic rings. The molecule has 0 radical (unpaired) electrons. The van der Waals surface area contributed by atoms with Crippen LogP contribution in [0.3, 0.4) is 0 Å². The predicted molar refractivity (Wildman–Crippen MR) is 81.8 cm³/mol. The van der Waals surface area contributed by atoms with Gasteiger partial charge in [0.2, 0.25) is 0 Å². The molecular formula is C15H20N2O2S. The minimum Gasteiger partial charge on any atom is -0.497 e. The van der Waals surface area contributed by atoms with Gasteiger partial charge in [-0.15, -0.1) is 0 Å². The summed E-state index contributed by atoms with van der Waals surface area (Å²) in [6.07, 6.45) is 3.66. The fraction of sp³-hybridized carbons (Fsp3) is 0.533. The van der Waals surface area contributed by atoms with Crippen LogP contribution in [-0.2, 0) is 11.3 Å². The lowest BCUT2D eigenvalue weighted by Gasteiger charge is -2.06. The summed E-state index contributed by atoms with van der Waals surface area (Å²) < 4.78 is 13.8. The van der Waals surface area contributed by atoms with Gasteiger partial charge in [-0.2, -0.15) is 0 Å². The Balaban J connectivity index is 1.65. The van der Waals surface area contributed by atoms with E-state index < -0.39 is 0 Å². The zero-order valence-corrected chi connectivity index (χ0v) is 12.5. The molecule has 20 heavy (non-hydrogen) atoms. The molecule has 1 aromatic carbocycles. The molecule has 108 valence electrons. The number of methoxy groups -OCH3 is 1. The number of hydrogen-bond donors (Lipinski definition) is 1. The van der Waals surface area contributed by atoms with Crippen LogP contribution in [0.25, 0.3) is 11.0 Å². The Kier molecular flexibility index (Phi) is 4.08. The van der Waals surface area contributed by atoms with Crippen molar-refractivity contribution in [2.24, 2.45) is 5.92 Å². The first-order valence-electron chi connectivity index (χ1n) is 7.12. The van der Waals surface area contributed by atoms with E-state index in [9.17, 15) is 0 Å². The first kappa shape index (κ1) is 13.6. The van der Waals surface area contributed by atoms with Gasteiger partial charge in [0.1, 0.15) is 5.75 Å². The number of rotatable bonds is 7. The van der Waals surface area contributed by atoms with Crippen molar-refractivity contribution in [3.63, 3.8) is 0 Å². The number of nitrogens with one attached hydrogen (secondary N) is 1. The highest BCUT2D eigenvalue weighted by Crippen LogP contribution is 2.28. The summed E-state index contributed by atoms with van der Waals surface area (Å²) in [7, 11) is 1.68. The number of hydrogen-bond acceptors (Lipinski definition) is 3. The van der Waals surface area contributed by atoms with Gasteiger partial charge in [-0.1, -0.05) is 0 Å². The summed E-state index contributed by atoms with van der Waals surface area (Å²) in [4.78, 5) is 3.23. The standard InChI is InChI=1S/C15H20N2O2S/c1-18-12-5-6-13-14(9-12)17(15(20)16-13)7-2-8-19-10-11-3-4-11/h5-6,9,11H,2-4,7-8,10H2,1H3,(H,16,20). The van der Waals surface area contributed by atoms with Gasteiger partial charge in [0.25, 0.3) is 0 Å². The van der Waals surface area contributed by atoms with E-state index in [1.54, 1.807) is 7.11 Å². The van der Waals surface area contributed by atoms with Crippen molar-refractivity contribution in [2.45, 2.75) is 25.8 Å². The Morgan fingerprint density at radius 3 is 3.00 bits per heavy atom. The van der Waals surface area contributed by atoms with Crippen molar-refractivity contribution in [1.29, 1.82) is 0 Å². The minimum atomic E-state index is 0.760. The maximum atomic E-state index is 5.67. The topological polar surface area (TPSA) is 39.2 Å². The second kappa shape index (κ2) is 5.97. The Labute approximate surface area is 123 Å². The van der Waals surface area contributed by atoms with Gasteiger partial charge in [-0.25, -0.2) is 0 Å². The van der Waals surface area contributed by atoms with Crippen LogP contribution in [0, 0.1) is 10.7 Å². The monoisotopic (exact) mass is 292 g/mol. The smallest absolute Gasteiger partial charge is 0.178 e. The fourth-order valence-electron chi connectivity index (χ4n) is 2.34. The Morgan fingerprint density at radius 2 is 2.25 bits per heavy atom. The van der Waals surface area contributed by atoms with E-state index in [4.69, 9.17) is 21.7 Å². The highest BCUT2D eigenvalue weighted by molar-refractivity contribution is 7.71. The van der Waals surface area contributed by atoms with Crippen molar-refractivity contribution < 1.29 is 9.47 Å². The fourth-order valence-corrected chi connectivity index (χ4v) is 2.64. The lowest BCUT2D eigenvalue weighted by atomic mass is 10.3. The van der Waals surface area contributed by atoms with Crippen LogP contribution in [0.2, 0.25) is 0 Å². The molecule has 0 atom stereocenters. The Morgan fingerprint density at radius 1 is 1.40 bits per heavy atom. The Bertz CT molecular complexity index is 643. The molecule has 0 spiro atoms. The molecule has 5 heteroatoms. The second-order valence-electron chi connectivity index (χ2n) is 5.34. The van der Waals surface area contributed by atoms with E-state index >= 15 is 0 Å². The number of benzene rings is 1. The van der Waals surface area contributed by atoms with Gasteiger partial charge in [0, 0.05) is 25.8 Å². The van der Waals surface area contributed by atoms with E-state index in [0.29, 0.717) is 0 Å². The molecule has 1 saturated carbocycles. The van der Waals surface area contributed by atoms with Crippen LogP contribution in [-0.4, -0.2) is 29.9 Å². The molecule has 0 bridgehead atoms. The van der Waals surface area contributed by atoms with Crippen LogP contribution in [0.5, 0.6) is 5.75 Å². The number of H-pyrrole nitrogens is 1. The molecule has 0 aliphatic heterocycles. The summed E-state index contributed by atoms with van der Waals surface area (Å²) in [5.41, 5.74) is 2.14. The molecule has 4 nitrogen and oxygen atoms in total. The predicted octanol–water partition coefficient (Wildman–Crippen LogP) is 3.52. The van der Waals surface area contributed by atoms with Crippen molar-refractivity contribution in [3.8, 4) is 5.75 Å². The molecule has 0 saturated heterocycles. The maximum absolute atomic E-state index is 5.67. The minimum absolute atomic E-state index is 0.760. The lowest BCUT2D eigenvalue weighted by molar-refractivity contribution is 0.119. The van der Waals surface area contributed by atoms with Crippen molar-refractivity contribution >= 4 is 23.3 Å². The first-order chi connectivity index (χ1) is 9.78. The molecular weight excluding hydrogens is 272 g/mol. The molecule has 0 unspecified atom stereocenters. The number of nitrogens with zero attached hydrogens (tertiary/aromatic N) is 1. The van der Waals surface area contributed by atoms with Gasteiger partial charge >= 0.3 is 0 Å². The molecule has 0 amide bonds. The average Bonchev–Trinajstić information content (AvgIpc) is 3.22. The van der Waals surface area contributed by atoms with Crippen LogP contribution in [0.4, 0.5) is 0 Å². The third-order valence-electron chi connectivity index (χ3n) is 3.70. The van der Waals surface area contributed by atoms with Crippen LogP contribution < -0.4 is 4.74 Å². The van der Waals surface area contributed by atoms with Crippen molar-refractivity contribution in [1.82, 2.24) is 9.55 Å². The van der Waals surface area contributed by atoms with Crippen LogP contribution in [0.1, 0.15) is 19.3 Å². The third kappa shape index (κ3) is 3.04. The molecule has 1 aromatic heterocycles. The SMILES string of the molecule is COc1ccc2[nH]c(=S)n(CCCOCC3CC3)c2c1. The number of aromatic nitrogens is 2. The van der Waals surface area contributed by atoms with E-state index in [1.807, 2.05) is 18.2 Å². The molecule has 1 fully saturated rings. The Hall–Kier alpha value is -1.33. The van der Waals surface area contributed by atoms with Gasteiger partial charge in [0.05, 0.1) is 18.1 Å². The lowest BCUT2D eigenvalue weighted by Crippen LogP contribution is -2.04. The summed E-state index contributed by atoms with van der Waals surface area (Å²) in [5.74, 6) is 1.68. The summed E-state index contributed by atoms with van der Waals surface area (Å²) in [6, 6.07) is 5.97. The molecule has 1 heterocycles. The van der Waals surface area contributed by atoms with Crippen molar-refractivity contribution in [3.05, 3.63) is 23.0 Å². The average molecular weight is 292 g/mol.